The molecule has 11 nitrogen and oxygen atoms in total. The van der Waals surface area contributed by atoms with Crippen molar-refractivity contribution in [2.24, 2.45) is 5.92 Å². The lowest BCUT2D eigenvalue weighted by Gasteiger charge is -2.32. The molecule has 2 heterocycles. The van der Waals surface area contributed by atoms with Gasteiger partial charge in [0.25, 0.3) is 17.6 Å². The quantitative estimate of drug-likeness (QED) is 0.251. The first-order chi connectivity index (χ1) is 19.2. The number of amides is 1. The number of carbonyl (C=O) groups is 4. The zero-order valence-electron chi connectivity index (χ0n) is 22.2. The van der Waals surface area contributed by atoms with Crippen LogP contribution in [0.2, 0.25) is 0 Å². The molecule has 0 atom stereocenters. The van der Waals surface area contributed by atoms with Gasteiger partial charge in [-0.05, 0) is 62.9 Å². The highest BCUT2D eigenvalue weighted by molar-refractivity contribution is 5.94. The van der Waals surface area contributed by atoms with Gasteiger partial charge in [-0.15, -0.1) is 0 Å². The van der Waals surface area contributed by atoms with E-state index in [1.807, 2.05) is 6.07 Å². The molecule has 1 saturated heterocycles. The summed E-state index contributed by atoms with van der Waals surface area (Å²) in [5, 5.41) is 22.3. The van der Waals surface area contributed by atoms with E-state index < -0.39 is 11.9 Å². The van der Waals surface area contributed by atoms with Crippen LogP contribution in [0.3, 0.4) is 0 Å². The van der Waals surface area contributed by atoms with E-state index in [1.165, 1.54) is 12.5 Å². The number of carboxylic acid groups (broad SMARTS) is 2. The molecule has 1 aliphatic rings. The second-order valence-electron chi connectivity index (χ2n) is 9.32. The van der Waals surface area contributed by atoms with E-state index in [0.717, 1.165) is 38.9 Å². The Bertz CT molecular complexity index is 1300. The number of aromatic nitrogens is 2. The average molecular weight is 549 g/mol. The first-order valence-corrected chi connectivity index (χ1v) is 12.8. The summed E-state index contributed by atoms with van der Waals surface area (Å²) < 4.78 is 5.22. The van der Waals surface area contributed by atoms with Gasteiger partial charge in [0.1, 0.15) is 0 Å². The van der Waals surface area contributed by atoms with Crippen molar-refractivity contribution in [2.45, 2.75) is 32.7 Å². The number of ketones is 1. The Morgan fingerprint density at radius 2 is 1.60 bits per heavy atom. The van der Waals surface area contributed by atoms with Gasteiger partial charge in [-0.3, -0.25) is 14.5 Å². The molecule has 40 heavy (non-hydrogen) atoms. The maximum Gasteiger partial charge on any atom is 0.328 e. The molecule has 210 valence electrons. The molecule has 1 aliphatic heterocycles. The third-order valence-electron chi connectivity index (χ3n) is 6.33. The molecule has 0 aliphatic carbocycles. The number of hydrogen-bond acceptors (Lipinski definition) is 8. The van der Waals surface area contributed by atoms with Crippen LogP contribution in [0, 0.1) is 5.92 Å². The maximum atomic E-state index is 12.4. The Labute approximate surface area is 231 Å². The summed E-state index contributed by atoms with van der Waals surface area (Å²) in [5.74, 6) is -1.96. The lowest BCUT2D eigenvalue weighted by molar-refractivity contribution is -0.134. The largest absolute Gasteiger partial charge is 0.478 e. The Hall–Kier alpha value is -4.64. The molecule has 2 aromatic carbocycles. The van der Waals surface area contributed by atoms with Crippen LogP contribution >= 0.6 is 0 Å². The molecule has 0 saturated carbocycles. The monoisotopic (exact) mass is 548 g/mol. The van der Waals surface area contributed by atoms with Crippen molar-refractivity contribution in [1.82, 2.24) is 20.4 Å². The molecule has 0 spiro atoms. The first-order valence-electron chi connectivity index (χ1n) is 12.8. The average Bonchev–Trinajstić information content (AvgIpc) is 3.44. The summed E-state index contributed by atoms with van der Waals surface area (Å²) in [6.45, 7) is 5.29. The van der Waals surface area contributed by atoms with E-state index >= 15 is 0 Å². The minimum Gasteiger partial charge on any atom is -0.478 e. The number of nitrogens with zero attached hydrogens (tertiary/aromatic N) is 3. The smallest absolute Gasteiger partial charge is 0.328 e. The van der Waals surface area contributed by atoms with Crippen LogP contribution in [0.5, 0.6) is 0 Å². The summed E-state index contributed by atoms with van der Waals surface area (Å²) in [7, 11) is 0. The SMILES string of the molecule is CC(=O)c1ccc(-c2nc(C(=O)NCCC3CCN(Cc4ccccc4)CC3)no2)cc1.O=C(O)/C=C/C(=O)O. The molecule has 1 aromatic heterocycles. The summed E-state index contributed by atoms with van der Waals surface area (Å²) in [5.41, 5.74) is 2.63. The zero-order valence-corrected chi connectivity index (χ0v) is 22.2. The van der Waals surface area contributed by atoms with Gasteiger partial charge in [0.15, 0.2) is 5.78 Å². The number of nitrogens with one attached hydrogen (secondary N) is 1. The molecule has 0 bridgehead atoms. The summed E-state index contributed by atoms with van der Waals surface area (Å²) >= 11 is 0. The Morgan fingerprint density at radius 3 is 2.17 bits per heavy atom. The van der Waals surface area contributed by atoms with Crippen molar-refractivity contribution in [3.05, 3.63) is 83.7 Å². The molecule has 3 N–H and O–H groups in total. The van der Waals surface area contributed by atoms with E-state index in [0.29, 0.717) is 35.7 Å². The van der Waals surface area contributed by atoms with E-state index in [9.17, 15) is 19.2 Å². The third kappa shape index (κ3) is 9.91. The number of rotatable bonds is 10. The topological polar surface area (TPSA) is 163 Å². The van der Waals surface area contributed by atoms with Crippen LogP contribution in [-0.2, 0) is 16.1 Å². The van der Waals surface area contributed by atoms with Crippen LogP contribution in [0.4, 0.5) is 0 Å². The van der Waals surface area contributed by atoms with Crippen LogP contribution < -0.4 is 5.32 Å². The van der Waals surface area contributed by atoms with Crippen LogP contribution in [-0.4, -0.2) is 68.5 Å². The van der Waals surface area contributed by atoms with Crippen LogP contribution in [0.15, 0.2) is 71.3 Å². The number of likely N-dealkylation sites (tertiary alicyclic amines) is 1. The van der Waals surface area contributed by atoms with Gasteiger partial charge < -0.3 is 20.1 Å². The first kappa shape index (κ1) is 29.9. The van der Waals surface area contributed by atoms with E-state index in [1.54, 1.807) is 24.3 Å². The van der Waals surface area contributed by atoms with E-state index in [4.69, 9.17) is 14.7 Å². The molecule has 3 aromatic rings. The number of Topliss-reactive ketones (excluding diaryl/α,β-unsaturated/α-hetero) is 1. The Morgan fingerprint density at radius 1 is 0.975 bits per heavy atom. The highest BCUT2D eigenvalue weighted by Crippen LogP contribution is 2.22. The van der Waals surface area contributed by atoms with Crippen molar-refractivity contribution < 1.29 is 33.9 Å². The van der Waals surface area contributed by atoms with Crippen molar-refractivity contribution in [2.75, 3.05) is 19.6 Å². The predicted molar refractivity (Wildman–Crippen MR) is 146 cm³/mol. The second-order valence-corrected chi connectivity index (χ2v) is 9.32. The fourth-order valence-electron chi connectivity index (χ4n) is 4.17. The van der Waals surface area contributed by atoms with Crippen molar-refractivity contribution in [3.8, 4) is 11.5 Å². The summed E-state index contributed by atoms with van der Waals surface area (Å²) in [4.78, 5) is 49.6. The molecule has 4 rings (SSSR count). The van der Waals surface area contributed by atoms with E-state index in [-0.39, 0.29) is 23.4 Å². The van der Waals surface area contributed by atoms with Crippen molar-refractivity contribution in [1.29, 1.82) is 0 Å². The zero-order chi connectivity index (χ0) is 28.9. The highest BCUT2D eigenvalue weighted by Gasteiger charge is 2.20. The number of carboxylic acids is 2. The molecule has 1 amide bonds. The molecule has 11 heteroatoms. The van der Waals surface area contributed by atoms with Crippen molar-refractivity contribution in [3.63, 3.8) is 0 Å². The Balaban J connectivity index is 0.000000482. The molecular weight excluding hydrogens is 516 g/mol. The van der Waals surface area contributed by atoms with Gasteiger partial charge in [0.2, 0.25) is 0 Å². The van der Waals surface area contributed by atoms with Gasteiger partial charge in [0, 0.05) is 36.4 Å². The lowest BCUT2D eigenvalue weighted by Crippen LogP contribution is -2.35. The minimum absolute atomic E-state index is 0.0102. The maximum absolute atomic E-state index is 12.4. The normalized spacial score (nSPS) is 13.8. The van der Waals surface area contributed by atoms with Gasteiger partial charge in [-0.1, -0.05) is 47.6 Å². The molecule has 0 unspecified atom stereocenters. The predicted octanol–water partition coefficient (Wildman–Crippen LogP) is 3.68. The number of aliphatic carboxylic acids is 2. The number of hydrogen-bond donors (Lipinski definition) is 3. The number of benzene rings is 2. The molecule has 1 fully saturated rings. The van der Waals surface area contributed by atoms with Crippen LogP contribution in [0.25, 0.3) is 11.5 Å². The summed E-state index contributed by atoms with van der Waals surface area (Å²) in [6.07, 6.45) is 4.35. The second kappa shape index (κ2) is 15.1. The fraction of sp³-hybridized carbons (Fsp3) is 0.310. The standard InChI is InChI=1S/C25H28N4O3.C4H4O4/c1-18(30)21-7-9-22(10-8-21)25-27-23(28-32-25)24(31)26-14-11-19-12-15-29(16-13-19)17-20-5-3-2-4-6-20;5-3(6)1-2-4(7)8/h2-10,19H,11-17H2,1H3,(H,26,31);1-2H,(H,5,6)(H,7,8)/b;2-1+. The highest BCUT2D eigenvalue weighted by atomic mass is 16.5. The third-order valence-corrected chi connectivity index (χ3v) is 6.33. The number of carbonyl (C=O) groups excluding carboxylic acids is 2. The van der Waals surface area contributed by atoms with E-state index in [2.05, 4.69) is 44.6 Å². The lowest BCUT2D eigenvalue weighted by atomic mass is 9.93. The number of piperidine rings is 1. The van der Waals surface area contributed by atoms with Gasteiger partial charge in [-0.2, -0.15) is 4.98 Å². The summed E-state index contributed by atoms with van der Waals surface area (Å²) in [6, 6.07) is 17.4. The molecular formula is C29H32N4O7. The van der Waals surface area contributed by atoms with Crippen molar-refractivity contribution >= 4 is 23.6 Å². The van der Waals surface area contributed by atoms with Crippen LogP contribution in [0.1, 0.15) is 52.7 Å². The van der Waals surface area contributed by atoms with Gasteiger partial charge in [0.05, 0.1) is 0 Å². The fourth-order valence-corrected chi connectivity index (χ4v) is 4.17. The van der Waals surface area contributed by atoms with Gasteiger partial charge >= 0.3 is 11.9 Å². The Kier molecular flexibility index (Phi) is 11.3. The van der Waals surface area contributed by atoms with Gasteiger partial charge in [-0.25, -0.2) is 9.59 Å². The minimum atomic E-state index is -1.26. The molecule has 0 radical (unpaired) electrons.